The number of methoxy groups -OCH3 is 1. The molecular formula is C6H7ClN2O2. The maximum absolute atomic E-state index is 10.7. The second-order valence-electron chi connectivity index (χ2n) is 1.54. The van der Waals surface area contributed by atoms with Gasteiger partial charge in [0.05, 0.1) is 7.11 Å². The molecule has 4 nitrogen and oxygen atoms in total. The van der Waals surface area contributed by atoms with Crippen molar-refractivity contribution in [3.8, 4) is 6.07 Å². The summed E-state index contributed by atoms with van der Waals surface area (Å²) in [5.74, 6) is -0.744. The van der Waals surface area contributed by atoms with Gasteiger partial charge in [0.1, 0.15) is 11.2 Å². The largest absolute Gasteiger partial charge is 0.465 e. The van der Waals surface area contributed by atoms with Crippen LogP contribution in [0.1, 0.15) is 0 Å². The monoisotopic (exact) mass is 174 g/mol. The Morgan fingerprint density at radius 2 is 2.27 bits per heavy atom. The van der Waals surface area contributed by atoms with Crippen molar-refractivity contribution < 1.29 is 9.53 Å². The summed E-state index contributed by atoms with van der Waals surface area (Å²) in [6.07, 6.45) is 0. The lowest BCUT2D eigenvalue weighted by atomic mass is 10.3. The lowest BCUT2D eigenvalue weighted by Gasteiger charge is -1.99. The Balaban J connectivity index is 4.69. The summed E-state index contributed by atoms with van der Waals surface area (Å²) in [4.78, 5) is 10.7. The molecular weight excluding hydrogens is 168 g/mol. The molecule has 0 fully saturated rings. The second kappa shape index (κ2) is 4.58. The van der Waals surface area contributed by atoms with E-state index < -0.39 is 5.97 Å². The first-order chi connectivity index (χ1) is 5.17. The molecule has 0 atom stereocenters. The van der Waals surface area contributed by atoms with Gasteiger partial charge >= 0.3 is 5.97 Å². The van der Waals surface area contributed by atoms with Crippen LogP contribution in [0, 0.1) is 11.3 Å². The highest BCUT2D eigenvalue weighted by atomic mass is 35.5. The van der Waals surface area contributed by atoms with Crippen molar-refractivity contribution in [2.24, 2.45) is 0 Å². The molecule has 0 amide bonds. The molecule has 0 aromatic carbocycles. The van der Waals surface area contributed by atoms with Crippen LogP contribution in [0.5, 0.6) is 0 Å². The van der Waals surface area contributed by atoms with Crippen LogP contribution in [-0.4, -0.2) is 20.1 Å². The summed E-state index contributed by atoms with van der Waals surface area (Å²) in [6.45, 7) is 0. The van der Waals surface area contributed by atoms with Crippen LogP contribution < -0.4 is 5.32 Å². The number of rotatable bonds is 2. The maximum Gasteiger partial charge on any atom is 0.351 e. The topological polar surface area (TPSA) is 62.1 Å². The zero-order chi connectivity index (χ0) is 8.85. The fraction of sp³-hybridized carbons (Fsp3) is 0.333. The summed E-state index contributed by atoms with van der Waals surface area (Å²) in [7, 11) is 2.68. The van der Waals surface area contributed by atoms with E-state index in [4.69, 9.17) is 16.9 Å². The van der Waals surface area contributed by atoms with Crippen molar-refractivity contribution >= 4 is 17.6 Å². The molecule has 0 heterocycles. The highest BCUT2D eigenvalue weighted by Crippen LogP contribution is 2.05. The molecule has 0 aliphatic rings. The van der Waals surface area contributed by atoms with Gasteiger partial charge in [0.2, 0.25) is 0 Å². The molecule has 0 aliphatic carbocycles. The molecule has 0 aliphatic heterocycles. The van der Waals surface area contributed by atoms with Crippen molar-refractivity contribution in [2.75, 3.05) is 14.2 Å². The first-order valence-corrected chi connectivity index (χ1v) is 3.11. The maximum atomic E-state index is 10.7. The number of esters is 1. The van der Waals surface area contributed by atoms with Gasteiger partial charge in [-0.25, -0.2) is 4.79 Å². The Labute approximate surface area is 69.4 Å². The molecule has 0 aromatic heterocycles. The molecule has 0 rings (SSSR count). The van der Waals surface area contributed by atoms with Gasteiger partial charge < -0.3 is 10.1 Å². The first-order valence-electron chi connectivity index (χ1n) is 2.73. The van der Waals surface area contributed by atoms with Crippen LogP contribution in [-0.2, 0) is 9.53 Å². The molecule has 0 saturated heterocycles. The summed E-state index contributed by atoms with van der Waals surface area (Å²) in [5.41, 5.74) is -0.225. The SMILES string of the molecule is CN/C(Cl)=C(\C#N)C(=O)OC. The standard InChI is InChI=1S/C6H7ClN2O2/c1-9-5(7)4(3-8)6(10)11-2/h9H,1-2H3/b5-4+. The van der Waals surface area contributed by atoms with Crippen LogP contribution in [0.15, 0.2) is 10.7 Å². The minimum atomic E-state index is -0.744. The van der Waals surface area contributed by atoms with E-state index in [0.717, 1.165) is 0 Å². The number of halogens is 1. The minimum Gasteiger partial charge on any atom is -0.465 e. The van der Waals surface area contributed by atoms with Gasteiger partial charge in [-0.1, -0.05) is 11.6 Å². The minimum absolute atomic E-state index is 0.0145. The molecule has 0 aromatic rings. The highest BCUT2D eigenvalue weighted by Gasteiger charge is 2.12. The van der Waals surface area contributed by atoms with Gasteiger partial charge in [-0.15, -0.1) is 0 Å². The quantitative estimate of drug-likeness (QED) is 0.284. The number of carbonyl (C=O) groups is 1. The molecule has 5 heteroatoms. The third kappa shape index (κ3) is 2.48. The number of nitrogens with one attached hydrogen (secondary N) is 1. The van der Waals surface area contributed by atoms with Gasteiger partial charge in [0.25, 0.3) is 0 Å². The molecule has 0 bridgehead atoms. The summed E-state index contributed by atoms with van der Waals surface area (Å²) in [5, 5.41) is 10.8. The van der Waals surface area contributed by atoms with Crippen molar-refractivity contribution in [2.45, 2.75) is 0 Å². The number of carbonyl (C=O) groups excluding carboxylic acids is 1. The van der Waals surface area contributed by atoms with Gasteiger partial charge in [0.15, 0.2) is 5.57 Å². The summed E-state index contributed by atoms with van der Waals surface area (Å²) >= 11 is 5.45. The lowest BCUT2D eigenvalue weighted by Crippen LogP contribution is -2.11. The average Bonchev–Trinajstić information content (AvgIpc) is 2.05. The van der Waals surface area contributed by atoms with Crippen molar-refractivity contribution in [1.82, 2.24) is 5.32 Å². The number of hydrogen-bond acceptors (Lipinski definition) is 4. The van der Waals surface area contributed by atoms with Gasteiger partial charge in [-0.2, -0.15) is 5.26 Å². The average molecular weight is 175 g/mol. The predicted molar refractivity (Wildman–Crippen MR) is 39.6 cm³/mol. The Morgan fingerprint density at radius 3 is 2.55 bits per heavy atom. The predicted octanol–water partition coefficient (Wildman–Crippen LogP) is 0.353. The van der Waals surface area contributed by atoms with Gasteiger partial charge in [-0.05, 0) is 0 Å². The van der Waals surface area contributed by atoms with Crippen molar-refractivity contribution in [3.63, 3.8) is 0 Å². The third-order valence-corrected chi connectivity index (χ3v) is 1.32. The van der Waals surface area contributed by atoms with E-state index >= 15 is 0 Å². The van der Waals surface area contributed by atoms with E-state index in [9.17, 15) is 4.79 Å². The first kappa shape index (κ1) is 9.79. The molecule has 60 valence electrons. The molecule has 0 spiro atoms. The van der Waals surface area contributed by atoms with E-state index in [1.165, 1.54) is 14.2 Å². The molecule has 1 N–H and O–H groups in total. The number of ether oxygens (including phenoxy) is 1. The van der Waals surface area contributed by atoms with Crippen LogP contribution in [0.2, 0.25) is 0 Å². The second-order valence-corrected chi connectivity index (χ2v) is 1.92. The van der Waals surface area contributed by atoms with E-state index in [1.807, 2.05) is 0 Å². The molecule has 11 heavy (non-hydrogen) atoms. The Kier molecular flexibility index (Phi) is 4.08. The van der Waals surface area contributed by atoms with Crippen molar-refractivity contribution in [3.05, 3.63) is 10.7 Å². The van der Waals surface area contributed by atoms with Crippen LogP contribution in [0.3, 0.4) is 0 Å². The molecule has 0 unspecified atom stereocenters. The smallest absolute Gasteiger partial charge is 0.351 e. The van der Waals surface area contributed by atoms with E-state index in [-0.39, 0.29) is 10.7 Å². The fourth-order valence-corrected chi connectivity index (χ4v) is 0.531. The van der Waals surface area contributed by atoms with Crippen LogP contribution >= 0.6 is 11.6 Å². The fourth-order valence-electron chi connectivity index (χ4n) is 0.411. The normalized spacial score (nSPS) is 11.1. The van der Waals surface area contributed by atoms with E-state index in [1.54, 1.807) is 6.07 Å². The summed E-state index contributed by atoms with van der Waals surface area (Å²) in [6, 6.07) is 1.61. The number of nitriles is 1. The van der Waals surface area contributed by atoms with E-state index in [0.29, 0.717) is 0 Å². The van der Waals surface area contributed by atoms with Crippen LogP contribution in [0.4, 0.5) is 0 Å². The Bertz CT molecular complexity index is 229. The zero-order valence-electron chi connectivity index (χ0n) is 6.14. The summed E-state index contributed by atoms with van der Waals surface area (Å²) < 4.78 is 4.28. The van der Waals surface area contributed by atoms with Gasteiger partial charge in [0, 0.05) is 7.05 Å². The Hall–Kier alpha value is -1.21. The van der Waals surface area contributed by atoms with Crippen LogP contribution in [0.25, 0.3) is 0 Å². The third-order valence-electron chi connectivity index (χ3n) is 0.940. The zero-order valence-corrected chi connectivity index (χ0v) is 6.90. The van der Waals surface area contributed by atoms with E-state index in [2.05, 4.69) is 10.1 Å². The molecule has 0 radical (unpaired) electrons. The number of nitrogens with zero attached hydrogens (tertiary/aromatic N) is 1. The Morgan fingerprint density at radius 1 is 1.73 bits per heavy atom. The van der Waals surface area contributed by atoms with Crippen molar-refractivity contribution in [1.29, 1.82) is 5.26 Å². The highest BCUT2D eigenvalue weighted by molar-refractivity contribution is 6.31. The lowest BCUT2D eigenvalue weighted by molar-refractivity contribution is -0.135. The van der Waals surface area contributed by atoms with Gasteiger partial charge in [-0.3, -0.25) is 0 Å². The number of hydrogen-bond donors (Lipinski definition) is 1. The molecule has 0 saturated carbocycles.